The Morgan fingerprint density at radius 3 is 2.60 bits per heavy atom. The summed E-state index contributed by atoms with van der Waals surface area (Å²) in [5.41, 5.74) is 0.321. The third-order valence-corrected chi connectivity index (χ3v) is 3.15. The fraction of sp³-hybridized carbons (Fsp3) is 1.00. The minimum absolute atomic E-state index is 0.321. The van der Waals surface area contributed by atoms with E-state index in [1.807, 2.05) is 0 Å². The molecule has 0 aromatic carbocycles. The molecule has 3 heteroatoms. The standard InChI is InChI=1S/C12H26N2O/c1-12(2,3)11(13-4)10-14-6-5-8-15-9-7-14/h11,13H,5-10H2,1-4H3. The summed E-state index contributed by atoms with van der Waals surface area (Å²) in [4.78, 5) is 2.51. The molecule has 0 aromatic heterocycles. The molecule has 0 radical (unpaired) electrons. The minimum atomic E-state index is 0.321. The first-order valence-electron chi connectivity index (χ1n) is 6.01. The molecule has 1 N–H and O–H groups in total. The van der Waals surface area contributed by atoms with Gasteiger partial charge in [-0.3, -0.25) is 4.90 Å². The molecule has 0 bridgehead atoms. The van der Waals surface area contributed by atoms with E-state index in [2.05, 4.69) is 38.0 Å². The van der Waals surface area contributed by atoms with Crippen molar-refractivity contribution in [2.24, 2.45) is 5.41 Å². The van der Waals surface area contributed by atoms with Crippen molar-refractivity contribution in [3.63, 3.8) is 0 Å². The van der Waals surface area contributed by atoms with Crippen LogP contribution < -0.4 is 5.32 Å². The van der Waals surface area contributed by atoms with E-state index in [1.165, 1.54) is 13.0 Å². The van der Waals surface area contributed by atoms with Crippen molar-refractivity contribution in [1.29, 1.82) is 0 Å². The van der Waals surface area contributed by atoms with Gasteiger partial charge in [0, 0.05) is 32.3 Å². The highest BCUT2D eigenvalue weighted by Crippen LogP contribution is 2.20. The fourth-order valence-corrected chi connectivity index (χ4v) is 2.04. The van der Waals surface area contributed by atoms with Crippen LogP contribution in [0.5, 0.6) is 0 Å². The van der Waals surface area contributed by atoms with Gasteiger partial charge < -0.3 is 10.1 Å². The Bertz CT molecular complexity index is 169. The van der Waals surface area contributed by atoms with Gasteiger partial charge in [0.25, 0.3) is 0 Å². The van der Waals surface area contributed by atoms with Gasteiger partial charge >= 0.3 is 0 Å². The minimum Gasteiger partial charge on any atom is -0.380 e. The lowest BCUT2D eigenvalue weighted by atomic mass is 9.86. The number of nitrogens with zero attached hydrogens (tertiary/aromatic N) is 1. The van der Waals surface area contributed by atoms with E-state index in [1.54, 1.807) is 0 Å². The largest absolute Gasteiger partial charge is 0.380 e. The molecule has 0 aromatic rings. The third kappa shape index (κ3) is 4.49. The number of likely N-dealkylation sites (N-methyl/N-ethyl adjacent to an activating group) is 1. The first-order valence-corrected chi connectivity index (χ1v) is 6.01. The van der Waals surface area contributed by atoms with E-state index in [-0.39, 0.29) is 0 Å². The van der Waals surface area contributed by atoms with Crippen molar-refractivity contribution < 1.29 is 4.74 Å². The Morgan fingerprint density at radius 1 is 1.27 bits per heavy atom. The van der Waals surface area contributed by atoms with Crippen LogP contribution in [0.15, 0.2) is 0 Å². The van der Waals surface area contributed by atoms with E-state index >= 15 is 0 Å². The zero-order valence-corrected chi connectivity index (χ0v) is 10.7. The monoisotopic (exact) mass is 214 g/mol. The summed E-state index contributed by atoms with van der Waals surface area (Å²) >= 11 is 0. The van der Waals surface area contributed by atoms with Crippen molar-refractivity contribution in [2.45, 2.75) is 33.2 Å². The molecule has 1 aliphatic rings. The Labute approximate surface area is 94.2 Å². The zero-order valence-electron chi connectivity index (χ0n) is 10.7. The maximum absolute atomic E-state index is 5.46. The second-order valence-electron chi connectivity index (χ2n) is 5.47. The zero-order chi connectivity index (χ0) is 11.3. The Hall–Kier alpha value is -0.120. The molecule has 1 heterocycles. The van der Waals surface area contributed by atoms with E-state index in [0.717, 1.165) is 26.3 Å². The lowest BCUT2D eigenvalue weighted by Gasteiger charge is -2.34. The molecular weight excluding hydrogens is 188 g/mol. The number of nitrogens with one attached hydrogen (secondary N) is 1. The summed E-state index contributed by atoms with van der Waals surface area (Å²) in [5, 5.41) is 3.43. The SMILES string of the molecule is CNC(CN1CCCOCC1)C(C)(C)C. The second kappa shape index (κ2) is 5.83. The van der Waals surface area contributed by atoms with Gasteiger partial charge in [-0.15, -0.1) is 0 Å². The van der Waals surface area contributed by atoms with Crippen LogP contribution >= 0.6 is 0 Å². The molecule has 1 fully saturated rings. The number of hydrogen-bond acceptors (Lipinski definition) is 3. The van der Waals surface area contributed by atoms with Crippen LogP contribution in [-0.2, 0) is 4.74 Å². The van der Waals surface area contributed by atoms with Gasteiger partial charge in [0.2, 0.25) is 0 Å². The molecule has 0 aliphatic carbocycles. The average Bonchev–Trinajstić information content (AvgIpc) is 2.40. The molecule has 1 rings (SSSR count). The van der Waals surface area contributed by atoms with Crippen molar-refractivity contribution in [3.8, 4) is 0 Å². The van der Waals surface area contributed by atoms with E-state index in [9.17, 15) is 0 Å². The van der Waals surface area contributed by atoms with Gasteiger partial charge in [0.1, 0.15) is 0 Å². The van der Waals surface area contributed by atoms with Gasteiger partial charge in [0.05, 0.1) is 6.61 Å². The van der Waals surface area contributed by atoms with Gasteiger partial charge in [-0.1, -0.05) is 20.8 Å². The highest BCUT2D eigenvalue weighted by atomic mass is 16.5. The van der Waals surface area contributed by atoms with Crippen LogP contribution in [0.4, 0.5) is 0 Å². The molecule has 0 spiro atoms. The van der Waals surface area contributed by atoms with Crippen LogP contribution in [-0.4, -0.2) is 50.8 Å². The predicted molar refractivity (Wildman–Crippen MR) is 64.2 cm³/mol. The van der Waals surface area contributed by atoms with Gasteiger partial charge in [-0.2, -0.15) is 0 Å². The Kier molecular flexibility index (Phi) is 5.03. The topological polar surface area (TPSA) is 24.5 Å². The first-order chi connectivity index (χ1) is 7.04. The summed E-state index contributed by atoms with van der Waals surface area (Å²) in [5.74, 6) is 0. The Balaban J connectivity index is 2.42. The highest BCUT2D eigenvalue weighted by Gasteiger charge is 2.25. The summed E-state index contributed by atoms with van der Waals surface area (Å²) < 4.78 is 5.46. The molecule has 1 aliphatic heterocycles. The summed E-state index contributed by atoms with van der Waals surface area (Å²) in [6.45, 7) is 12.1. The molecule has 0 saturated carbocycles. The molecular formula is C12H26N2O. The van der Waals surface area contributed by atoms with Gasteiger partial charge in [-0.05, 0) is 18.9 Å². The van der Waals surface area contributed by atoms with Crippen molar-refractivity contribution in [1.82, 2.24) is 10.2 Å². The van der Waals surface area contributed by atoms with Crippen molar-refractivity contribution >= 4 is 0 Å². The summed E-state index contributed by atoms with van der Waals surface area (Å²) in [7, 11) is 2.06. The molecule has 3 nitrogen and oxygen atoms in total. The van der Waals surface area contributed by atoms with Gasteiger partial charge in [-0.25, -0.2) is 0 Å². The average molecular weight is 214 g/mol. The molecule has 0 amide bonds. The van der Waals surface area contributed by atoms with E-state index in [4.69, 9.17) is 4.74 Å². The van der Waals surface area contributed by atoms with Crippen LogP contribution in [0.25, 0.3) is 0 Å². The highest BCUT2D eigenvalue weighted by molar-refractivity contribution is 4.82. The maximum atomic E-state index is 5.46. The number of ether oxygens (including phenoxy) is 1. The fourth-order valence-electron chi connectivity index (χ4n) is 2.04. The normalized spacial score (nSPS) is 22.4. The lowest BCUT2D eigenvalue weighted by Crippen LogP contribution is -2.47. The first kappa shape index (κ1) is 12.9. The number of rotatable bonds is 3. The quantitative estimate of drug-likeness (QED) is 0.767. The van der Waals surface area contributed by atoms with Crippen LogP contribution in [0.2, 0.25) is 0 Å². The molecule has 1 atom stereocenters. The maximum Gasteiger partial charge on any atom is 0.0593 e. The Morgan fingerprint density at radius 2 is 2.00 bits per heavy atom. The smallest absolute Gasteiger partial charge is 0.0593 e. The lowest BCUT2D eigenvalue weighted by molar-refractivity contribution is 0.133. The second-order valence-corrected chi connectivity index (χ2v) is 5.47. The van der Waals surface area contributed by atoms with E-state index < -0.39 is 0 Å². The van der Waals surface area contributed by atoms with Gasteiger partial charge in [0.15, 0.2) is 0 Å². The van der Waals surface area contributed by atoms with Crippen LogP contribution in [0.1, 0.15) is 27.2 Å². The summed E-state index contributed by atoms with van der Waals surface area (Å²) in [6.07, 6.45) is 1.17. The third-order valence-electron chi connectivity index (χ3n) is 3.15. The number of hydrogen-bond donors (Lipinski definition) is 1. The van der Waals surface area contributed by atoms with Crippen molar-refractivity contribution in [3.05, 3.63) is 0 Å². The predicted octanol–water partition coefficient (Wildman–Crippen LogP) is 1.34. The molecule has 1 saturated heterocycles. The van der Waals surface area contributed by atoms with Crippen LogP contribution in [0, 0.1) is 5.41 Å². The van der Waals surface area contributed by atoms with E-state index in [0.29, 0.717) is 11.5 Å². The van der Waals surface area contributed by atoms with Crippen LogP contribution in [0.3, 0.4) is 0 Å². The van der Waals surface area contributed by atoms with Crippen molar-refractivity contribution in [2.75, 3.05) is 39.9 Å². The molecule has 90 valence electrons. The molecule has 1 unspecified atom stereocenters. The summed E-state index contributed by atoms with van der Waals surface area (Å²) in [6, 6.07) is 0.551. The molecule has 15 heavy (non-hydrogen) atoms.